The number of hydrogen-bond donors (Lipinski definition) is 3. The van der Waals surface area contributed by atoms with Crippen molar-refractivity contribution in [3.63, 3.8) is 0 Å². The Morgan fingerprint density at radius 1 is 0.959 bits per heavy atom. The van der Waals surface area contributed by atoms with E-state index in [2.05, 4.69) is 39.5 Å². The highest BCUT2D eigenvalue weighted by Crippen LogP contribution is 2.24. The van der Waals surface area contributed by atoms with Crippen molar-refractivity contribution in [3.05, 3.63) is 89.5 Å². The molecule has 6 rings (SSSR count). The summed E-state index contributed by atoms with van der Waals surface area (Å²) >= 11 is 0. The van der Waals surface area contributed by atoms with Crippen LogP contribution < -0.4 is 10.6 Å². The van der Waals surface area contributed by atoms with E-state index < -0.39 is 12.1 Å². The van der Waals surface area contributed by atoms with Crippen molar-refractivity contribution in [2.75, 3.05) is 13.1 Å². The van der Waals surface area contributed by atoms with Crippen LogP contribution in [0.4, 0.5) is 0 Å². The van der Waals surface area contributed by atoms with E-state index in [0.29, 0.717) is 67.9 Å². The Hall–Kier alpha value is -5.26. The van der Waals surface area contributed by atoms with Crippen LogP contribution in [0.2, 0.25) is 0 Å². The Morgan fingerprint density at radius 3 is 2.53 bits per heavy atom. The molecule has 1 aliphatic rings. The number of benzene rings is 2. The summed E-state index contributed by atoms with van der Waals surface area (Å²) in [4.78, 5) is 55.6. The molecule has 0 unspecified atom stereocenters. The van der Waals surface area contributed by atoms with Gasteiger partial charge in [-0.3, -0.25) is 14.4 Å². The van der Waals surface area contributed by atoms with Gasteiger partial charge in [0.2, 0.25) is 23.6 Å². The molecule has 0 radical (unpaired) electrons. The van der Waals surface area contributed by atoms with Crippen LogP contribution in [-0.4, -0.2) is 66.5 Å². The van der Waals surface area contributed by atoms with Crippen molar-refractivity contribution >= 4 is 28.6 Å². The Morgan fingerprint density at radius 2 is 1.73 bits per heavy atom. The highest BCUT2D eigenvalue weighted by Gasteiger charge is 2.29. The third kappa shape index (κ3) is 8.07. The van der Waals surface area contributed by atoms with E-state index in [1.165, 1.54) is 0 Å². The molecular formula is C37H44N8O4. The Kier molecular flexibility index (Phi) is 10.2. The van der Waals surface area contributed by atoms with Crippen molar-refractivity contribution in [2.45, 2.75) is 78.4 Å². The summed E-state index contributed by atoms with van der Waals surface area (Å²) in [6.07, 6.45) is 3.47. The molecular weight excluding hydrogens is 620 g/mol. The lowest BCUT2D eigenvalue weighted by molar-refractivity contribution is -0.131. The molecule has 2 atom stereocenters. The Bertz CT molecular complexity index is 1920. The highest BCUT2D eigenvalue weighted by molar-refractivity contribution is 5.90. The SMILES string of the molecule is Cc1nc2n(n1)CCN(C(=O)Cc1nc(-c3ccccc3)oc1C)CCCC(=O)N[C@H](Cc1c[nH]c3ccccc13)C(=O)N[C@H]2CC(C)C. The van der Waals surface area contributed by atoms with Gasteiger partial charge in [-0.25, -0.2) is 14.6 Å². The van der Waals surface area contributed by atoms with Gasteiger partial charge in [0.25, 0.3) is 0 Å². The maximum absolute atomic E-state index is 14.0. The Labute approximate surface area is 285 Å². The molecule has 0 fully saturated rings. The van der Waals surface area contributed by atoms with E-state index in [1.54, 1.807) is 9.58 Å². The van der Waals surface area contributed by atoms with Crippen LogP contribution in [0, 0.1) is 19.8 Å². The van der Waals surface area contributed by atoms with E-state index >= 15 is 0 Å². The zero-order valence-electron chi connectivity index (χ0n) is 28.5. The molecule has 2 aromatic carbocycles. The standard InChI is InChI=1S/C37H44N8O4/c1-23(2)19-31-35-39-25(4)43-45(35)18-17-44(34(47)21-30-24(3)49-37(42-30)26-11-6-5-7-12-26)16-10-15-33(46)40-32(36(48)41-31)20-27-22-38-29-14-9-8-13-28(27)29/h5-9,11-14,22-23,31-32,38H,10,15-21H2,1-4H3,(H,40,46)(H,41,48)/t31-,32+/m0/s1. The van der Waals surface area contributed by atoms with Gasteiger partial charge in [0.05, 0.1) is 24.7 Å². The predicted octanol–water partition coefficient (Wildman–Crippen LogP) is 4.83. The smallest absolute Gasteiger partial charge is 0.243 e. The topological polar surface area (TPSA) is 151 Å². The number of amides is 3. The summed E-state index contributed by atoms with van der Waals surface area (Å²) in [6.45, 7) is 8.90. The number of aromatic amines is 1. The molecule has 12 nitrogen and oxygen atoms in total. The van der Waals surface area contributed by atoms with Crippen LogP contribution in [0.25, 0.3) is 22.4 Å². The minimum Gasteiger partial charge on any atom is -0.441 e. The van der Waals surface area contributed by atoms with Crippen molar-refractivity contribution in [1.29, 1.82) is 0 Å². The first-order chi connectivity index (χ1) is 23.6. The number of para-hydroxylation sites is 1. The molecule has 1 aliphatic heterocycles. The van der Waals surface area contributed by atoms with Crippen LogP contribution in [0.15, 0.2) is 65.2 Å². The van der Waals surface area contributed by atoms with E-state index in [-0.39, 0.29) is 36.5 Å². The number of carbonyl (C=O) groups is 3. The maximum atomic E-state index is 14.0. The van der Waals surface area contributed by atoms with Crippen LogP contribution in [-0.2, 0) is 33.8 Å². The lowest BCUT2D eigenvalue weighted by Crippen LogP contribution is -2.49. The van der Waals surface area contributed by atoms with Crippen LogP contribution in [0.5, 0.6) is 0 Å². The Balaban J connectivity index is 1.26. The van der Waals surface area contributed by atoms with Crippen molar-refractivity contribution in [1.82, 2.24) is 40.3 Å². The van der Waals surface area contributed by atoms with Gasteiger partial charge in [-0.15, -0.1) is 0 Å². The molecule has 3 N–H and O–H groups in total. The average molecular weight is 665 g/mol. The molecule has 0 saturated heterocycles. The number of fused-ring (bicyclic) bond motifs is 2. The number of H-pyrrole nitrogens is 1. The largest absolute Gasteiger partial charge is 0.441 e. The number of hydrogen-bond acceptors (Lipinski definition) is 7. The van der Waals surface area contributed by atoms with Gasteiger partial charge in [-0.2, -0.15) is 5.10 Å². The van der Waals surface area contributed by atoms with Crippen molar-refractivity contribution < 1.29 is 18.8 Å². The number of nitrogens with zero attached hydrogens (tertiary/aromatic N) is 5. The van der Waals surface area contributed by atoms with Gasteiger partial charge in [-0.1, -0.05) is 50.2 Å². The van der Waals surface area contributed by atoms with Gasteiger partial charge in [0, 0.05) is 48.6 Å². The van der Waals surface area contributed by atoms with Gasteiger partial charge in [0.15, 0.2) is 0 Å². The second kappa shape index (κ2) is 14.9. The van der Waals surface area contributed by atoms with E-state index in [0.717, 1.165) is 22.0 Å². The van der Waals surface area contributed by atoms with Crippen LogP contribution >= 0.6 is 0 Å². The molecule has 12 heteroatoms. The molecule has 256 valence electrons. The summed E-state index contributed by atoms with van der Waals surface area (Å²) in [6, 6.07) is 16.2. The van der Waals surface area contributed by atoms with E-state index in [4.69, 9.17) is 9.40 Å². The summed E-state index contributed by atoms with van der Waals surface area (Å²) in [5.41, 5.74) is 3.33. The number of oxazole rings is 1. The number of nitrogens with one attached hydrogen (secondary N) is 3. The monoisotopic (exact) mass is 664 g/mol. The quantitative estimate of drug-likeness (QED) is 0.226. The first-order valence-electron chi connectivity index (χ1n) is 17.0. The summed E-state index contributed by atoms with van der Waals surface area (Å²) in [5, 5.41) is 11.9. The number of carbonyl (C=O) groups excluding carboxylic acids is 3. The second-order valence-electron chi connectivity index (χ2n) is 13.2. The zero-order chi connectivity index (χ0) is 34.5. The van der Waals surface area contributed by atoms with Gasteiger partial charge >= 0.3 is 0 Å². The normalized spacial score (nSPS) is 17.9. The summed E-state index contributed by atoms with van der Waals surface area (Å²) < 4.78 is 7.72. The molecule has 0 spiro atoms. The van der Waals surface area contributed by atoms with Crippen LogP contribution in [0.3, 0.4) is 0 Å². The second-order valence-corrected chi connectivity index (χ2v) is 13.2. The average Bonchev–Trinajstić information content (AvgIpc) is 3.78. The molecule has 0 saturated carbocycles. The zero-order valence-corrected chi connectivity index (χ0v) is 28.5. The molecule has 0 bridgehead atoms. The minimum atomic E-state index is -0.812. The lowest BCUT2D eigenvalue weighted by Gasteiger charge is -2.27. The predicted molar refractivity (Wildman–Crippen MR) is 185 cm³/mol. The lowest BCUT2D eigenvalue weighted by atomic mass is 10.0. The molecule has 0 aliphatic carbocycles. The third-order valence-electron chi connectivity index (χ3n) is 8.89. The van der Waals surface area contributed by atoms with Gasteiger partial charge < -0.3 is 24.9 Å². The van der Waals surface area contributed by atoms with Crippen molar-refractivity contribution in [3.8, 4) is 11.5 Å². The molecule has 4 heterocycles. The minimum absolute atomic E-state index is 0.0658. The number of aromatic nitrogens is 5. The fourth-order valence-electron chi connectivity index (χ4n) is 6.42. The maximum Gasteiger partial charge on any atom is 0.243 e. The molecule has 5 aromatic rings. The number of aryl methyl sites for hydroxylation is 2. The first kappa shape index (κ1) is 33.6. The summed E-state index contributed by atoms with van der Waals surface area (Å²) in [5.74, 6) is 1.87. The van der Waals surface area contributed by atoms with Crippen LogP contribution in [0.1, 0.15) is 67.8 Å². The van der Waals surface area contributed by atoms with E-state index in [9.17, 15) is 14.4 Å². The van der Waals surface area contributed by atoms with Gasteiger partial charge in [-0.05, 0) is 56.4 Å². The highest BCUT2D eigenvalue weighted by atomic mass is 16.4. The first-order valence-corrected chi connectivity index (χ1v) is 17.0. The molecule has 49 heavy (non-hydrogen) atoms. The fraction of sp³-hybridized carbons (Fsp3) is 0.405. The molecule has 3 amide bonds. The van der Waals surface area contributed by atoms with E-state index in [1.807, 2.05) is 74.6 Å². The van der Waals surface area contributed by atoms with Crippen molar-refractivity contribution in [2.24, 2.45) is 5.92 Å². The third-order valence-corrected chi connectivity index (χ3v) is 8.89. The molecule has 3 aromatic heterocycles. The van der Waals surface area contributed by atoms with Gasteiger partial charge in [0.1, 0.15) is 23.5 Å². The fourth-order valence-corrected chi connectivity index (χ4v) is 6.42. The summed E-state index contributed by atoms with van der Waals surface area (Å²) in [7, 11) is 0. The number of rotatable bonds is 7.